The molecule has 4 heteroatoms. The van der Waals surface area contributed by atoms with E-state index < -0.39 is 0 Å². The Morgan fingerprint density at radius 3 is 2.90 bits per heavy atom. The first-order valence-corrected chi connectivity index (χ1v) is 7.16. The minimum absolute atomic E-state index is 0.324. The second-order valence-electron chi connectivity index (χ2n) is 4.93. The lowest BCUT2D eigenvalue weighted by Gasteiger charge is -2.21. The number of hydrogen-bond acceptors (Lipinski definition) is 2. The van der Waals surface area contributed by atoms with Gasteiger partial charge in [-0.25, -0.2) is 4.39 Å². The minimum Gasteiger partial charge on any atom is -0.385 e. The highest BCUT2D eigenvalue weighted by Gasteiger charge is 2.13. The molecule has 0 saturated carbocycles. The first-order valence-electron chi connectivity index (χ1n) is 6.78. The third-order valence-corrected chi connectivity index (χ3v) is 3.90. The van der Waals surface area contributed by atoms with Gasteiger partial charge in [0.25, 0.3) is 0 Å². The van der Waals surface area contributed by atoms with Crippen LogP contribution in [0.25, 0.3) is 0 Å². The van der Waals surface area contributed by atoms with E-state index in [-0.39, 0.29) is 5.82 Å². The van der Waals surface area contributed by atoms with Crippen LogP contribution in [-0.2, 0) is 13.0 Å². The van der Waals surface area contributed by atoms with Crippen molar-refractivity contribution in [1.82, 2.24) is 0 Å². The molecule has 2 aromatic carbocycles. The van der Waals surface area contributed by atoms with Gasteiger partial charge < -0.3 is 10.6 Å². The first kappa shape index (κ1) is 13.3. The fourth-order valence-electron chi connectivity index (χ4n) is 2.58. The largest absolute Gasteiger partial charge is 0.385 e. The van der Waals surface area contributed by atoms with Gasteiger partial charge in [-0.15, -0.1) is 0 Å². The van der Waals surface area contributed by atoms with Gasteiger partial charge in [0.1, 0.15) is 5.82 Å². The molecule has 0 atom stereocenters. The molecule has 3 rings (SSSR count). The number of hydrogen-bond donors (Lipinski definition) is 2. The van der Waals surface area contributed by atoms with Crippen LogP contribution in [-0.4, -0.2) is 6.54 Å². The second-order valence-corrected chi connectivity index (χ2v) is 5.34. The molecule has 0 spiro atoms. The van der Waals surface area contributed by atoms with Crippen molar-refractivity contribution < 1.29 is 4.39 Å². The number of anilines is 2. The molecule has 2 N–H and O–H groups in total. The molecule has 20 heavy (non-hydrogen) atoms. The quantitative estimate of drug-likeness (QED) is 0.873. The predicted molar refractivity (Wildman–Crippen MR) is 82.0 cm³/mol. The van der Waals surface area contributed by atoms with Gasteiger partial charge in [-0.3, -0.25) is 0 Å². The molecule has 1 heterocycles. The van der Waals surface area contributed by atoms with Gasteiger partial charge in [-0.1, -0.05) is 35.9 Å². The monoisotopic (exact) mass is 290 g/mol. The van der Waals surface area contributed by atoms with E-state index in [0.717, 1.165) is 24.9 Å². The van der Waals surface area contributed by atoms with Crippen molar-refractivity contribution in [3.05, 3.63) is 58.4 Å². The highest BCUT2D eigenvalue weighted by atomic mass is 35.5. The summed E-state index contributed by atoms with van der Waals surface area (Å²) in [5.41, 5.74) is 4.01. The van der Waals surface area contributed by atoms with E-state index >= 15 is 0 Å². The van der Waals surface area contributed by atoms with Crippen molar-refractivity contribution in [2.45, 2.75) is 19.4 Å². The van der Waals surface area contributed by atoms with E-state index in [9.17, 15) is 4.39 Å². The molecule has 0 aliphatic carbocycles. The maximum Gasteiger partial charge on any atom is 0.147 e. The van der Waals surface area contributed by atoms with Gasteiger partial charge in [0.05, 0.1) is 10.7 Å². The van der Waals surface area contributed by atoms with Gasteiger partial charge in [0, 0.05) is 18.8 Å². The molecule has 0 bridgehead atoms. The Morgan fingerprint density at radius 1 is 1.20 bits per heavy atom. The third-order valence-electron chi connectivity index (χ3n) is 3.58. The molecule has 0 saturated heterocycles. The van der Waals surface area contributed by atoms with Crippen molar-refractivity contribution in [3.8, 4) is 0 Å². The smallest absolute Gasteiger partial charge is 0.147 e. The highest BCUT2D eigenvalue weighted by Crippen LogP contribution is 2.29. The van der Waals surface area contributed by atoms with E-state index in [4.69, 9.17) is 11.6 Å². The zero-order valence-electron chi connectivity index (χ0n) is 11.0. The molecule has 0 aromatic heterocycles. The summed E-state index contributed by atoms with van der Waals surface area (Å²) in [6, 6.07) is 10.9. The molecule has 0 unspecified atom stereocenters. The lowest BCUT2D eigenvalue weighted by molar-refractivity contribution is 0.630. The third kappa shape index (κ3) is 2.59. The molecule has 1 aliphatic rings. The van der Waals surface area contributed by atoms with Gasteiger partial charge in [-0.2, -0.15) is 0 Å². The zero-order chi connectivity index (χ0) is 13.9. The van der Waals surface area contributed by atoms with Gasteiger partial charge in [0.15, 0.2) is 0 Å². The summed E-state index contributed by atoms with van der Waals surface area (Å²) in [4.78, 5) is 0. The lowest BCUT2D eigenvalue weighted by Crippen LogP contribution is -2.15. The van der Waals surface area contributed by atoms with Crippen molar-refractivity contribution in [1.29, 1.82) is 0 Å². The van der Waals surface area contributed by atoms with Crippen molar-refractivity contribution in [2.75, 3.05) is 17.2 Å². The van der Waals surface area contributed by atoms with E-state index in [0.29, 0.717) is 17.3 Å². The second kappa shape index (κ2) is 5.71. The van der Waals surface area contributed by atoms with Crippen LogP contribution in [0, 0.1) is 5.82 Å². The number of aryl methyl sites for hydroxylation is 1. The SMILES string of the molecule is Fc1cccc(Cl)c1NCc1cccc2c1NCCC2. The summed E-state index contributed by atoms with van der Waals surface area (Å²) in [6.07, 6.45) is 2.25. The standard InChI is InChI=1S/C16H16ClFN2/c17-13-7-2-8-14(18)16(13)20-10-12-5-1-4-11-6-3-9-19-15(11)12/h1-2,4-5,7-8,19-20H,3,6,9-10H2. The summed E-state index contributed by atoms with van der Waals surface area (Å²) >= 11 is 6.02. The van der Waals surface area contributed by atoms with Crippen LogP contribution >= 0.6 is 11.6 Å². The number of nitrogens with one attached hydrogen (secondary N) is 2. The number of para-hydroxylation sites is 2. The number of fused-ring (bicyclic) bond motifs is 1. The average Bonchev–Trinajstić information content (AvgIpc) is 2.47. The summed E-state index contributed by atoms with van der Waals surface area (Å²) in [5.74, 6) is -0.324. The summed E-state index contributed by atoms with van der Waals surface area (Å²) in [6.45, 7) is 1.54. The van der Waals surface area contributed by atoms with Crippen LogP contribution in [0.5, 0.6) is 0 Å². The van der Waals surface area contributed by atoms with Crippen LogP contribution in [0.3, 0.4) is 0 Å². The summed E-state index contributed by atoms with van der Waals surface area (Å²) in [7, 11) is 0. The zero-order valence-corrected chi connectivity index (χ0v) is 11.8. The molecular formula is C16H16ClFN2. The van der Waals surface area contributed by atoms with Gasteiger partial charge >= 0.3 is 0 Å². The van der Waals surface area contributed by atoms with Crippen LogP contribution in [0.2, 0.25) is 5.02 Å². The van der Waals surface area contributed by atoms with Crippen molar-refractivity contribution in [3.63, 3.8) is 0 Å². The number of halogens is 2. The maximum atomic E-state index is 13.7. The van der Waals surface area contributed by atoms with E-state index in [1.807, 2.05) is 6.07 Å². The fourth-order valence-corrected chi connectivity index (χ4v) is 2.81. The first-order chi connectivity index (χ1) is 9.75. The van der Waals surface area contributed by atoms with Crippen LogP contribution in [0.1, 0.15) is 17.5 Å². The molecule has 0 fully saturated rings. The summed E-state index contributed by atoms with van der Waals surface area (Å²) in [5, 5.41) is 6.94. The number of rotatable bonds is 3. The van der Waals surface area contributed by atoms with Crippen molar-refractivity contribution >= 4 is 23.0 Å². The minimum atomic E-state index is -0.324. The molecule has 2 aromatic rings. The highest BCUT2D eigenvalue weighted by molar-refractivity contribution is 6.33. The van der Waals surface area contributed by atoms with Crippen LogP contribution in [0.4, 0.5) is 15.8 Å². The lowest BCUT2D eigenvalue weighted by atomic mass is 9.99. The molecule has 1 aliphatic heterocycles. The Balaban J connectivity index is 1.82. The van der Waals surface area contributed by atoms with Gasteiger partial charge in [-0.05, 0) is 36.1 Å². The molecule has 104 valence electrons. The Morgan fingerprint density at radius 2 is 2.05 bits per heavy atom. The normalized spacial score (nSPS) is 13.5. The Bertz CT molecular complexity index is 608. The molecule has 0 amide bonds. The molecule has 0 radical (unpaired) electrons. The summed E-state index contributed by atoms with van der Waals surface area (Å²) < 4.78 is 13.7. The molecular weight excluding hydrogens is 275 g/mol. The fraction of sp³-hybridized carbons (Fsp3) is 0.250. The Kier molecular flexibility index (Phi) is 3.79. The predicted octanol–water partition coefficient (Wildman–Crippen LogP) is 4.45. The maximum absolute atomic E-state index is 13.7. The van der Waals surface area contributed by atoms with E-state index in [1.54, 1.807) is 12.1 Å². The van der Waals surface area contributed by atoms with Crippen molar-refractivity contribution in [2.24, 2.45) is 0 Å². The van der Waals surface area contributed by atoms with Crippen LogP contribution in [0.15, 0.2) is 36.4 Å². The Labute approximate surface area is 123 Å². The van der Waals surface area contributed by atoms with E-state index in [1.165, 1.54) is 17.3 Å². The molecule has 2 nitrogen and oxygen atoms in total. The average molecular weight is 291 g/mol. The Hall–Kier alpha value is -1.74. The van der Waals surface area contributed by atoms with Crippen LogP contribution < -0.4 is 10.6 Å². The van der Waals surface area contributed by atoms with E-state index in [2.05, 4.69) is 22.8 Å². The topological polar surface area (TPSA) is 24.1 Å². The number of benzene rings is 2. The van der Waals surface area contributed by atoms with Gasteiger partial charge in [0.2, 0.25) is 0 Å².